The number of hydrogen-bond acceptors (Lipinski definition) is 8. The van der Waals surface area contributed by atoms with Gasteiger partial charge < -0.3 is 29.2 Å². The van der Waals surface area contributed by atoms with Crippen molar-refractivity contribution in [2.75, 3.05) is 26.4 Å². The van der Waals surface area contributed by atoms with Crippen molar-refractivity contribution >= 4 is 11.9 Å². The molecular weight excluding hydrogens is 320 g/mol. The molecule has 1 aromatic carbocycles. The summed E-state index contributed by atoms with van der Waals surface area (Å²) in [7, 11) is 0. The zero-order valence-corrected chi connectivity index (χ0v) is 13.6. The van der Waals surface area contributed by atoms with Crippen LogP contribution in [0.1, 0.15) is 13.8 Å². The minimum Gasteiger partial charge on any atom is -0.491 e. The van der Waals surface area contributed by atoms with Crippen LogP contribution in [0.3, 0.4) is 0 Å². The van der Waals surface area contributed by atoms with E-state index >= 15 is 0 Å². The van der Waals surface area contributed by atoms with Crippen LogP contribution < -0.4 is 9.47 Å². The molecule has 0 saturated carbocycles. The molecule has 2 unspecified atom stereocenters. The highest BCUT2D eigenvalue weighted by atomic mass is 16.6. The van der Waals surface area contributed by atoms with Gasteiger partial charge in [-0.05, 0) is 12.1 Å². The molecular formula is C16H22O8. The number of ether oxygens (including phenoxy) is 4. The SMILES string of the molecule is CC(=O)OCC(O)COc1cccc(OCC(O)COC(C)=O)c1. The molecule has 8 nitrogen and oxygen atoms in total. The van der Waals surface area contributed by atoms with E-state index in [0.29, 0.717) is 11.5 Å². The lowest BCUT2D eigenvalue weighted by atomic mass is 10.3. The highest BCUT2D eigenvalue weighted by Gasteiger charge is 2.10. The van der Waals surface area contributed by atoms with E-state index in [4.69, 9.17) is 9.47 Å². The van der Waals surface area contributed by atoms with Crippen LogP contribution in [-0.2, 0) is 19.1 Å². The first-order chi connectivity index (χ1) is 11.4. The van der Waals surface area contributed by atoms with Gasteiger partial charge in [-0.2, -0.15) is 0 Å². The molecule has 2 atom stereocenters. The first kappa shape index (κ1) is 19.7. The van der Waals surface area contributed by atoms with E-state index in [-0.39, 0.29) is 26.4 Å². The highest BCUT2D eigenvalue weighted by molar-refractivity contribution is 5.66. The second kappa shape index (κ2) is 10.5. The van der Waals surface area contributed by atoms with E-state index in [0.717, 1.165) is 0 Å². The Hall–Kier alpha value is -2.32. The van der Waals surface area contributed by atoms with Crippen molar-refractivity contribution < 1.29 is 38.7 Å². The van der Waals surface area contributed by atoms with Gasteiger partial charge in [-0.15, -0.1) is 0 Å². The number of aliphatic hydroxyl groups excluding tert-OH is 2. The minimum atomic E-state index is -0.941. The lowest BCUT2D eigenvalue weighted by Crippen LogP contribution is -2.25. The van der Waals surface area contributed by atoms with Crippen molar-refractivity contribution in [3.63, 3.8) is 0 Å². The van der Waals surface area contributed by atoms with Crippen LogP contribution in [0.4, 0.5) is 0 Å². The van der Waals surface area contributed by atoms with E-state index in [2.05, 4.69) is 9.47 Å². The quantitative estimate of drug-likeness (QED) is 0.584. The second-order valence-electron chi connectivity index (χ2n) is 5.01. The summed E-state index contributed by atoms with van der Waals surface area (Å²) in [5.41, 5.74) is 0. The zero-order chi connectivity index (χ0) is 17.9. The molecule has 0 aliphatic heterocycles. The summed E-state index contributed by atoms with van der Waals surface area (Å²) in [6, 6.07) is 6.60. The van der Waals surface area contributed by atoms with Crippen LogP contribution in [0, 0.1) is 0 Å². The van der Waals surface area contributed by atoms with Gasteiger partial charge in [0, 0.05) is 19.9 Å². The predicted octanol–water partition coefficient (Wildman–Crippen LogP) is 0.292. The summed E-state index contributed by atoms with van der Waals surface area (Å²) < 4.78 is 20.1. The minimum absolute atomic E-state index is 0.0498. The molecule has 2 N–H and O–H groups in total. The largest absolute Gasteiger partial charge is 0.491 e. The summed E-state index contributed by atoms with van der Waals surface area (Å²) in [4.78, 5) is 21.3. The fourth-order valence-corrected chi connectivity index (χ4v) is 1.56. The average molecular weight is 342 g/mol. The van der Waals surface area contributed by atoms with E-state index in [9.17, 15) is 19.8 Å². The van der Waals surface area contributed by atoms with Crippen molar-refractivity contribution in [2.45, 2.75) is 26.1 Å². The van der Waals surface area contributed by atoms with Crippen LogP contribution in [0.2, 0.25) is 0 Å². The standard InChI is InChI=1S/C16H22O8/c1-11(17)21-7-13(19)9-23-15-4-3-5-16(6-15)24-10-14(20)8-22-12(2)18/h3-6,13-14,19-20H,7-10H2,1-2H3. The van der Waals surface area contributed by atoms with Crippen molar-refractivity contribution in [2.24, 2.45) is 0 Å². The average Bonchev–Trinajstić information content (AvgIpc) is 2.54. The Labute approximate surface area is 139 Å². The molecule has 0 aromatic heterocycles. The maximum atomic E-state index is 10.6. The van der Waals surface area contributed by atoms with Crippen molar-refractivity contribution in [3.05, 3.63) is 24.3 Å². The Morgan fingerprint density at radius 2 is 1.29 bits per heavy atom. The molecule has 134 valence electrons. The number of carbonyl (C=O) groups excluding carboxylic acids is 2. The molecule has 0 amide bonds. The van der Waals surface area contributed by atoms with E-state index in [1.807, 2.05) is 0 Å². The van der Waals surface area contributed by atoms with Gasteiger partial charge in [-0.25, -0.2) is 0 Å². The van der Waals surface area contributed by atoms with Crippen LogP contribution >= 0.6 is 0 Å². The van der Waals surface area contributed by atoms with E-state index in [1.165, 1.54) is 13.8 Å². The Balaban J connectivity index is 2.37. The Morgan fingerprint density at radius 3 is 1.67 bits per heavy atom. The molecule has 8 heteroatoms. The normalized spacial score (nSPS) is 12.8. The van der Waals surface area contributed by atoms with Crippen LogP contribution in [0.25, 0.3) is 0 Å². The first-order valence-corrected chi connectivity index (χ1v) is 7.35. The summed E-state index contributed by atoms with van der Waals surface area (Å²) in [6.07, 6.45) is -1.88. The molecule has 24 heavy (non-hydrogen) atoms. The van der Waals surface area contributed by atoms with Gasteiger partial charge >= 0.3 is 11.9 Å². The van der Waals surface area contributed by atoms with Gasteiger partial charge in [-0.3, -0.25) is 9.59 Å². The summed E-state index contributed by atoms with van der Waals surface area (Å²) in [6.45, 7) is 2.12. The van der Waals surface area contributed by atoms with E-state index < -0.39 is 24.1 Å². The van der Waals surface area contributed by atoms with Gasteiger partial charge in [-0.1, -0.05) is 6.07 Å². The Kier molecular flexibility index (Phi) is 8.59. The van der Waals surface area contributed by atoms with Gasteiger partial charge in [0.25, 0.3) is 0 Å². The molecule has 0 bridgehead atoms. The predicted molar refractivity (Wildman–Crippen MR) is 82.7 cm³/mol. The third kappa shape index (κ3) is 8.96. The lowest BCUT2D eigenvalue weighted by molar-refractivity contribution is -0.145. The number of benzene rings is 1. The maximum Gasteiger partial charge on any atom is 0.302 e. The smallest absolute Gasteiger partial charge is 0.302 e. The van der Waals surface area contributed by atoms with Gasteiger partial charge in [0.05, 0.1) is 0 Å². The van der Waals surface area contributed by atoms with Crippen LogP contribution in [0.5, 0.6) is 11.5 Å². The summed E-state index contributed by atoms with van der Waals surface area (Å²) >= 11 is 0. The monoisotopic (exact) mass is 342 g/mol. The molecule has 0 heterocycles. The molecule has 0 aliphatic rings. The van der Waals surface area contributed by atoms with E-state index in [1.54, 1.807) is 24.3 Å². The Bertz CT molecular complexity index is 487. The third-order valence-corrected chi connectivity index (χ3v) is 2.65. The highest BCUT2D eigenvalue weighted by Crippen LogP contribution is 2.19. The molecule has 0 radical (unpaired) electrons. The number of rotatable bonds is 10. The van der Waals surface area contributed by atoms with Crippen molar-refractivity contribution in [3.8, 4) is 11.5 Å². The van der Waals surface area contributed by atoms with Crippen LogP contribution in [-0.4, -0.2) is 60.8 Å². The first-order valence-electron chi connectivity index (χ1n) is 7.35. The third-order valence-electron chi connectivity index (χ3n) is 2.65. The van der Waals surface area contributed by atoms with Crippen molar-refractivity contribution in [1.82, 2.24) is 0 Å². The van der Waals surface area contributed by atoms with Crippen molar-refractivity contribution in [1.29, 1.82) is 0 Å². The molecule has 1 rings (SSSR count). The van der Waals surface area contributed by atoms with Gasteiger partial charge in [0.2, 0.25) is 0 Å². The second-order valence-corrected chi connectivity index (χ2v) is 5.01. The molecule has 0 aliphatic carbocycles. The fraction of sp³-hybridized carbons (Fsp3) is 0.500. The number of hydrogen-bond donors (Lipinski definition) is 2. The molecule has 1 aromatic rings. The van der Waals surface area contributed by atoms with Gasteiger partial charge in [0.15, 0.2) is 0 Å². The molecule has 0 fully saturated rings. The topological polar surface area (TPSA) is 112 Å². The fourth-order valence-electron chi connectivity index (χ4n) is 1.56. The Morgan fingerprint density at radius 1 is 0.875 bits per heavy atom. The maximum absolute atomic E-state index is 10.6. The van der Waals surface area contributed by atoms with Crippen LogP contribution in [0.15, 0.2) is 24.3 Å². The number of carbonyl (C=O) groups is 2. The zero-order valence-electron chi connectivity index (χ0n) is 13.6. The molecule has 0 saturated heterocycles. The molecule has 0 spiro atoms. The van der Waals surface area contributed by atoms with Gasteiger partial charge in [0.1, 0.15) is 50.1 Å². The summed E-state index contributed by atoms with van der Waals surface area (Å²) in [5.74, 6) is -0.0544. The lowest BCUT2D eigenvalue weighted by Gasteiger charge is -2.14. The number of esters is 2. The summed E-state index contributed by atoms with van der Waals surface area (Å²) in [5, 5.41) is 19.2. The number of aliphatic hydroxyl groups is 2.